The van der Waals surface area contributed by atoms with Crippen molar-refractivity contribution in [2.45, 2.75) is 206 Å². The Labute approximate surface area is 325 Å². The van der Waals surface area contributed by atoms with E-state index in [4.69, 9.17) is 0 Å². The predicted molar refractivity (Wildman–Crippen MR) is 223 cm³/mol. The normalized spacial score (nSPS) is 12.8. The molecule has 0 unspecified atom stereocenters. The number of hydrogen-bond donors (Lipinski definition) is 0. The van der Waals surface area contributed by atoms with Crippen LogP contribution >= 0.6 is 0 Å². The van der Waals surface area contributed by atoms with Crippen LogP contribution in [0, 0.1) is 0 Å². The molecule has 2 nitrogen and oxygen atoms in total. The molecule has 290 valence electrons. The first-order valence-corrected chi connectivity index (χ1v) is 24.5. The van der Waals surface area contributed by atoms with Crippen LogP contribution in [0.3, 0.4) is 0 Å². The third-order valence-electron chi connectivity index (χ3n) is 10.3. The first-order chi connectivity index (χ1) is 25.0. The molecule has 0 fully saturated rings. The topological polar surface area (TPSA) is 25.3 Å². The van der Waals surface area contributed by atoms with Crippen LogP contribution in [0.25, 0.3) is 16.9 Å². The fourth-order valence-corrected chi connectivity index (χ4v) is 7.36. The summed E-state index contributed by atoms with van der Waals surface area (Å²) in [6.07, 6.45) is 33.5. The predicted octanol–water partition coefficient (Wildman–Crippen LogP) is 16.1. The molecule has 0 N–H and O–H groups in total. The molecule has 1 heterocycles. The number of rotatable bonds is 27. The second-order valence-corrected chi connectivity index (χ2v) is 16.7. The quantitative estimate of drug-likeness (QED) is 0.0489. The summed E-state index contributed by atoms with van der Waals surface area (Å²) in [6.45, 7) is 11.4. The molecule has 2 aromatic carbocycles. The Kier molecular flexibility index (Phi) is 25.5. The van der Waals surface area contributed by atoms with E-state index in [1.54, 1.807) is 4.70 Å². The Morgan fingerprint density at radius 2 is 0.765 bits per heavy atom. The van der Waals surface area contributed by atoms with E-state index in [0.29, 0.717) is 0 Å². The molecule has 0 spiro atoms. The van der Waals surface area contributed by atoms with E-state index in [1.165, 1.54) is 167 Å². The number of hydrogen-bond acceptors (Lipinski definition) is 0. The van der Waals surface area contributed by atoms with Gasteiger partial charge < -0.3 is 5.53 Å². The number of aryl methyl sites for hydroxylation is 4. The van der Waals surface area contributed by atoms with Gasteiger partial charge in [-0.25, -0.2) is 4.70 Å². The Balaban J connectivity index is 0.00000290. The van der Waals surface area contributed by atoms with Crippen molar-refractivity contribution in [1.29, 1.82) is 0 Å². The molecule has 3 heteroatoms. The van der Waals surface area contributed by atoms with Gasteiger partial charge in [-0.2, -0.15) is 0 Å². The van der Waals surface area contributed by atoms with Gasteiger partial charge in [-0.15, -0.1) is 0 Å². The summed E-state index contributed by atoms with van der Waals surface area (Å²) >= 11 is 0.950. The average Bonchev–Trinajstić information content (AvgIpc) is 3.47. The molecule has 2 aromatic rings. The van der Waals surface area contributed by atoms with Gasteiger partial charge in [-0.1, -0.05) is 143 Å². The van der Waals surface area contributed by atoms with Crippen molar-refractivity contribution in [3.8, 4) is 0 Å². The third kappa shape index (κ3) is 17.7. The van der Waals surface area contributed by atoms with Crippen LogP contribution in [0.5, 0.6) is 0 Å². The van der Waals surface area contributed by atoms with E-state index in [-0.39, 0.29) is 0 Å². The maximum atomic E-state index is 12.1. The monoisotopic (exact) mass is 789 g/mol. The van der Waals surface area contributed by atoms with Crippen molar-refractivity contribution in [2.24, 2.45) is 0 Å². The van der Waals surface area contributed by atoms with E-state index in [0.717, 1.165) is 61.5 Å². The van der Waals surface area contributed by atoms with E-state index < -0.39 is 0 Å². The number of allylic oxidation sites excluding steroid dienone is 2. The minimum absolute atomic E-state index is 0.950. The summed E-state index contributed by atoms with van der Waals surface area (Å²) in [7, 11) is 0. The second-order valence-electron chi connectivity index (χ2n) is 15.2. The number of benzene rings is 2. The van der Waals surface area contributed by atoms with Gasteiger partial charge in [0, 0.05) is 22.8 Å². The van der Waals surface area contributed by atoms with Crippen LogP contribution < -0.4 is 0 Å². The summed E-state index contributed by atoms with van der Waals surface area (Å²) in [5.41, 5.74) is 23.6. The zero-order valence-electron chi connectivity index (χ0n) is 34.4. The molecule has 0 saturated carbocycles. The molecule has 0 amide bonds. The molecule has 0 saturated heterocycles. The summed E-state index contributed by atoms with van der Waals surface area (Å²) < 4.78 is 1.58. The fourth-order valence-electron chi connectivity index (χ4n) is 7.36. The fraction of sp³-hybridized carbons (Fsp3) is 0.667. The molecule has 1 aliphatic rings. The van der Waals surface area contributed by atoms with Crippen LogP contribution in [0.1, 0.15) is 203 Å². The Morgan fingerprint density at radius 3 is 1.20 bits per heavy atom. The second kappa shape index (κ2) is 28.7. The zero-order chi connectivity index (χ0) is 37.1. The SMILES string of the molecule is CCCCCCCCc1cc(CCCCCCCC)cc(C2=CC(CCCCCC)=C(c3cc(CCCC)cc(CCCC)c3)[N+]2=[N-])c1.[CH3][Pd][CH3]. The van der Waals surface area contributed by atoms with Gasteiger partial charge in [-0.05, 0) is 111 Å². The first-order valence-electron chi connectivity index (χ1n) is 21.4. The van der Waals surface area contributed by atoms with Crippen LogP contribution in [0.15, 0.2) is 48.0 Å². The molecular weight excluding hydrogens is 711 g/mol. The number of unbranched alkanes of at least 4 members (excludes halogenated alkanes) is 15. The Morgan fingerprint density at radius 1 is 0.431 bits per heavy atom. The average molecular weight is 790 g/mol. The van der Waals surface area contributed by atoms with Crippen LogP contribution in [0.4, 0.5) is 0 Å². The van der Waals surface area contributed by atoms with Gasteiger partial charge in [-0.3, -0.25) is 0 Å². The van der Waals surface area contributed by atoms with E-state index in [9.17, 15) is 5.53 Å². The van der Waals surface area contributed by atoms with Crippen LogP contribution in [0.2, 0.25) is 10.8 Å². The first kappa shape index (κ1) is 45.3. The van der Waals surface area contributed by atoms with Gasteiger partial charge in [0.25, 0.3) is 0 Å². The molecule has 0 radical (unpaired) electrons. The molecule has 0 bridgehead atoms. The van der Waals surface area contributed by atoms with Gasteiger partial charge in [0.2, 0.25) is 11.4 Å². The molecule has 51 heavy (non-hydrogen) atoms. The van der Waals surface area contributed by atoms with Crippen molar-refractivity contribution in [3.05, 3.63) is 87.0 Å². The third-order valence-corrected chi connectivity index (χ3v) is 10.3. The van der Waals surface area contributed by atoms with E-state index in [2.05, 4.69) is 87.9 Å². The summed E-state index contributed by atoms with van der Waals surface area (Å²) in [5.74, 6) is 0. The van der Waals surface area contributed by atoms with Crippen molar-refractivity contribution in [2.75, 3.05) is 0 Å². The molecule has 3 rings (SSSR count). The molecule has 0 aromatic heterocycles. The van der Waals surface area contributed by atoms with Gasteiger partial charge >= 0.3 is 28.8 Å². The van der Waals surface area contributed by atoms with Crippen molar-refractivity contribution >= 4 is 11.4 Å². The van der Waals surface area contributed by atoms with Crippen LogP contribution in [-0.2, 0) is 43.7 Å². The zero-order valence-corrected chi connectivity index (χ0v) is 36.0. The molecular formula is C48H78N2Pd. The van der Waals surface area contributed by atoms with E-state index in [1.807, 2.05) is 0 Å². The van der Waals surface area contributed by atoms with Gasteiger partial charge in [0.15, 0.2) is 0 Å². The molecule has 0 aliphatic carbocycles. The van der Waals surface area contributed by atoms with Crippen molar-refractivity contribution in [1.82, 2.24) is 0 Å². The number of nitrogens with zero attached hydrogens (tertiary/aromatic N) is 2. The van der Waals surface area contributed by atoms with Gasteiger partial charge in [0.1, 0.15) is 0 Å². The van der Waals surface area contributed by atoms with Gasteiger partial charge in [0.05, 0.1) is 0 Å². The summed E-state index contributed by atoms with van der Waals surface area (Å²) in [5, 5.41) is 4.35. The standard InChI is InChI=1S/C46H72N2.2CH3.Pd/c1-6-11-16-19-21-23-28-40-32-41(29-24-22-20-17-12-7-2)34-43(33-40)45-37-42(30-25-18-13-8-3)46(48(45)47)44-35-38(26-14-9-4)31-39(36-44)27-15-10-5;;;/h31-37H,6-30H2,1-5H3;2*1H3;. The molecule has 1 aliphatic heterocycles. The Bertz CT molecular complexity index is 1240. The minimum atomic E-state index is 0.950. The summed E-state index contributed by atoms with van der Waals surface area (Å²) in [6, 6.07) is 14.5. The van der Waals surface area contributed by atoms with Crippen LogP contribution in [-0.4, -0.2) is 4.70 Å². The van der Waals surface area contributed by atoms with Crippen molar-refractivity contribution in [3.63, 3.8) is 0 Å². The van der Waals surface area contributed by atoms with Crippen molar-refractivity contribution < 1.29 is 22.7 Å². The summed E-state index contributed by atoms with van der Waals surface area (Å²) in [4.78, 5) is 0. The maximum absolute atomic E-state index is 12.1. The molecule has 0 atom stereocenters. The van der Waals surface area contributed by atoms with E-state index >= 15 is 0 Å². The Hall–Kier alpha value is -1.82.